The van der Waals surface area contributed by atoms with E-state index in [1.807, 2.05) is 37.3 Å². The van der Waals surface area contributed by atoms with Gasteiger partial charge in [-0.15, -0.1) is 0 Å². The molecule has 36 heavy (non-hydrogen) atoms. The van der Waals surface area contributed by atoms with Gasteiger partial charge < -0.3 is 10.1 Å². The highest BCUT2D eigenvalue weighted by Gasteiger charge is 2.36. The van der Waals surface area contributed by atoms with E-state index >= 15 is 0 Å². The monoisotopic (exact) mass is 485 g/mol. The van der Waals surface area contributed by atoms with Crippen LogP contribution in [0.3, 0.4) is 0 Å². The maximum Gasteiger partial charge on any atom is 0.252 e. The molecule has 8 heteroatoms. The van der Waals surface area contributed by atoms with Crippen LogP contribution < -0.4 is 5.32 Å². The minimum atomic E-state index is -0.380. The molecule has 4 aromatic rings. The number of amides is 1. The Hall–Kier alpha value is -3.65. The van der Waals surface area contributed by atoms with Gasteiger partial charge in [0.25, 0.3) is 5.91 Å². The van der Waals surface area contributed by atoms with Crippen LogP contribution in [0.1, 0.15) is 58.9 Å². The van der Waals surface area contributed by atoms with Crippen molar-refractivity contribution in [2.45, 2.75) is 43.9 Å². The topological polar surface area (TPSA) is 81.9 Å². The Balaban J connectivity index is 1.38. The summed E-state index contributed by atoms with van der Waals surface area (Å²) < 4.78 is 21.4. The minimum Gasteiger partial charge on any atom is -0.381 e. The molecule has 7 nitrogen and oxygen atoms in total. The Labute approximate surface area is 208 Å². The number of pyridine rings is 2. The van der Waals surface area contributed by atoms with Crippen LogP contribution >= 0.6 is 0 Å². The lowest BCUT2D eigenvalue weighted by atomic mass is 9.74. The van der Waals surface area contributed by atoms with Crippen LogP contribution in [-0.4, -0.2) is 45.4 Å². The normalized spacial score (nSPS) is 17.3. The first-order valence-corrected chi connectivity index (χ1v) is 12.5. The van der Waals surface area contributed by atoms with E-state index in [0.29, 0.717) is 55.5 Å². The van der Waals surface area contributed by atoms with Crippen LogP contribution in [0, 0.1) is 12.7 Å². The van der Waals surface area contributed by atoms with Crippen LogP contribution in [0.2, 0.25) is 0 Å². The van der Waals surface area contributed by atoms with Crippen LogP contribution in [0.5, 0.6) is 0 Å². The number of hydrogen-bond donors (Lipinski definition) is 1. The fourth-order valence-electron chi connectivity index (χ4n) is 5.21. The predicted molar refractivity (Wildman–Crippen MR) is 134 cm³/mol. The summed E-state index contributed by atoms with van der Waals surface area (Å²) in [6, 6.07) is 14.3. The lowest BCUT2D eigenvalue weighted by molar-refractivity contribution is 0.0486. The lowest BCUT2D eigenvalue weighted by Crippen LogP contribution is -2.44. The number of fused-ring (bicyclic) bond motifs is 1. The molecule has 1 saturated heterocycles. The third kappa shape index (κ3) is 4.15. The van der Waals surface area contributed by atoms with E-state index in [1.165, 1.54) is 6.07 Å². The Morgan fingerprint density at radius 2 is 2.00 bits per heavy atom. The van der Waals surface area contributed by atoms with Gasteiger partial charge >= 0.3 is 0 Å². The van der Waals surface area contributed by atoms with Gasteiger partial charge in [0, 0.05) is 43.0 Å². The molecule has 0 bridgehead atoms. The van der Waals surface area contributed by atoms with E-state index in [-0.39, 0.29) is 17.1 Å². The van der Waals surface area contributed by atoms with Crippen LogP contribution in [0.4, 0.5) is 4.39 Å². The fourth-order valence-corrected chi connectivity index (χ4v) is 5.21. The maximum absolute atomic E-state index is 14.1. The number of benzene rings is 1. The van der Waals surface area contributed by atoms with E-state index in [0.717, 1.165) is 35.2 Å². The van der Waals surface area contributed by atoms with Gasteiger partial charge in [-0.3, -0.25) is 4.79 Å². The molecule has 4 heterocycles. The molecule has 0 atom stereocenters. The van der Waals surface area contributed by atoms with E-state index in [4.69, 9.17) is 14.8 Å². The number of carbonyl (C=O) groups is 1. The number of ether oxygens (including phenoxy) is 1. The zero-order chi connectivity index (χ0) is 24.7. The molecule has 0 spiro atoms. The van der Waals surface area contributed by atoms with E-state index < -0.39 is 0 Å². The fraction of sp³-hybridized carbons (Fsp3) is 0.357. The first-order valence-electron chi connectivity index (χ1n) is 12.5. The second-order valence-electron chi connectivity index (χ2n) is 9.84. The smallest absolute Gasteiger partial charge is 0.252 e. The third-order valence-corrected chi connectivity index (χ3v) is 7.41. The quantitative estimate of drug-likeness (QED) is 0.431. The summed E-state index contributed by atoms with van der Waals surface area (Å²) >= 11 is 0. The van der Waals surface area contributed by atoms with Gasteiger partial charge in [0.1, 0.15) is 5.82 Å². The van der Waals surface area contributed by atoms with Crippen molar-refractivity contribution in [1.82, 2.24) is 25.1 Å². The van der Waals surface area contributed by atoms with Crippen molar-refractivity contribution < 1.29 is 13.9 Å². The first-order chi connectivity index (χ1) is 17.5. The average Bonchev–Trinajstić information content (AvgIpc) is 3.71. The summed E-state index contributed by atoms with van der Waals surface area (Å²) in [7, 11) is 0. The molecule has 184 valence electrons. The summed E-state index contributed by atoms with van der Waals surface area (Å²) in [5.74, 6) is 0.583. The van der Waals surface area contributed by atoms with Crippen molar-refractivity contribution >= 4 is 16.9 Å². The van der Waals surface area contributed by atoms with Gasteiger partial charge in [0.2, 0.25) is 0 Å². The summed E-state index contributed by atoms with van der Waals surface area (Å²) in [6.07, 6.45) is 5.28. The standard InChI is InChI=1S/C28H28FN5O2/c1-18-25-22(16-23(19-8-9-19)32-26(25)34(33-18)24-7-2-3-12-30-24)27(35)31-17-28(10-13-36-14-11-28)20-5-4-6-21(29)15-20/h2-7,12,15-16,19H,8-11,13-14,17H2,1H3,(H,31,35). The molecule has 0 radical (unpaired) electrons. The summed E-state index contributed by atoms with van der Waals surface area (Å²) in [5.41, 5.74) is 3.37. The average molecular weight is 486 g/mol. The molecule has 1 amide bonds. The molecule has 1 saturated carbocycles. The van der Waals surface area contributed by atoms with Crippen molar-refractivity contribution in [2.24, 2.45) is 0 Å². The molecule has 0 unspecified atom stereocenters. The maximum atomic E-state index is 14.1. The molecular weight excluding hydrogens is 457 g/mol. The predicted octanol–water partition coefficient (Wildman–Crippen LogP) is 4.62. The van der Waals surface area contributed by atoms with Crippen molar-refractivity contribution in [1.29, 1.82) is 0 Å². The van der Waals surface area contributed by atoms with Gasteiger partial charge in [-0.05, 0) is 68.5 Å². The zero-order valence-corrected chi connectivity index (χ0v) is 20.2. The number of rotatable bonds is 6. The Morgan fingerprint density at radius 1 is 1.17 bits per heavy atom. The molecule has 1 aliphatic carbocycles. The summed E-state index contributed by atoms with van der Waals surface area (Å²) in [5, 5.41) is 8.61. The number of aromatic nitrogens is 4. The number of nitrogens with one attached hydrogen (secondary N) is 1. The summed E-state index contributed by atoms with van der Waals surface area (Å²) in [4.78, 5) is 23.1. The molecule has 2 fully saturated rings. The molecule has 6 rings (SSSR count). The molecule has 1 aromatic carbocycles. The van der Waals surface area contributed by atoms with Gasteiger partial charge in [-0.2, -0.15) is 9.78 Å². The Kier molecular flexibility index (Phi) is 5.76. The molecule has 1 aliphatic heterocycles. The zero-order valence-electron chi connectivity index (χ0n) is 20.2. The van der Waals surface area contributed by atoms with Crippen LogP contribution in [-0.2, 0) is 10.2 Å². The minimum absolute atomic E-state index is 0.171. The Bertz CT molecular complexity index is 1420. The highest BCUT2D eigenvalue weighted by molar-refractivity contribution is 6.06. The van der Waals surface area contributed by atoms with Crippen LogP contribution in [0.15, 0.2) is 54.7 Å². The highest BCUT2D eigenvalue weighted by atomic mass is 19.1. The first kappa shape index (κ1) is 22.8. The van der Waals surface area contributed by atoms with E-state index in [2.05, 4.69) is 10.3 Å². The second kappa shape index (κ2) is 9.09. The van der Waals surface area contributed by atoms with Gasteiger partial charge in [-0.25, -0.2) is 14.4 Å². The van der Waals surface area contributed by atoms with E-state index in [9.17, 15) is 9.18 Å². The molecular formula is C28H28FN5O2. The van der Waals surface area contributed by atoms with Crippen molar-refractivity contribution in [3.05, 3.63) is 83.1 Å². The van der Waals surface area contributed by atoms with Gasteiger partial charge in [0.15, 0.2) is 11.5 Å². The van der Waals surface area contributed by atoms with Crippen LogP contribution in [0.25, 0.3) is 16.9 Å². The number of hydrogen-bond acceptors (Lipinski definition) is 5. The van der Waals surface area contributed by atoms with Gasteiger partial charge in [-0.1, -0.05) is 18.2 Å². The molecule has 2 aliphatic rings. The number of halogens is 1. The summed E-state index contributed by atoms with van der Waals surface area (Å²) in [6.45, 7) is 3.44. The second-order valence-corrected chi connectivity index (χ2v) is 9.84. The SMILES string of the molecule is Cc1nn(-c2ccccn2)c2nc(C3CC3)cc(C(=O)NCC3(c4cccc(F)c4)CCOCC3)c12. The number of carbonyl (C=O) groups excluding carboxylic acids is 1. The highest BCUT2D eigenvalue weighted by Crippen LogP contribution is 2.41. The van der Waals surface area contributed by atoms with Crippen molar-refractivity contribution in [3.63, 3.8) is 0 Å². The van der Waals surface area contributed by atoms with Gasteiger partial charge in [0.05, 0.1) is 16.6 Å². The lowest BCUT2D eigenvalue weighted by Gasteiger charge is -2.38. The number of nitrogens with zero attached hydrogens (tertiary/aromatic N) is 4. The van der Waals surface area contributed by atoms with E-state index in [1.54, 1.807) is 23.0 Å². The molecule has 1 N–H and O–H groups in total. The number of aryl methyl sites for hydroxylation is 1. The van der Waals surface area contributed by atoms with Crippen molar-refractivity contribution in [2.75, 3.05) is 19.8 Å². The van der Waals surface area contributed by atoms with Crippen molar-refractivity contribution in [3.8, 4) is 5.82 Å². The Morgan fingerprint density at radius 3 is 2.72 bits per heavy atom. The molecule has 3 aromatic heterocycles. The third-order valence-electron chi connectivity index (χ3n) is 7.41. The largest absolute Gasteiger partial charge is 0.381 e.